The molecule has 0 aliphatic rings. The summed E-state index contributed by atoms with van der Waals surface area (Å²) in [5.41, 5.74) is 2.37. The number of aliphatic hydroxyl groups is 2. The number of aryl methyl sites for hydroxylation is 1. The first kappa shape index (κ1) is 13.2. The summed E-state index contributed by atoms with van der Waals surface area (Å²) in [5, 5.41) is 18.1. The van der Waals surface area contributed by atoms with Crippen molar-refractivity contribution < 1.29 is 14.9 Å². The van der Waals surface area contributed by atoms with Gasteiger partial charge < -0.3 is 14.9 Å². The molecule has 0 amide bonds. The maximum absolute atomic E-state index is 9.10. The highest BCUT2D eigenvalue weighted by Gasteiger charge is 2.14. The monoisotopic (exact) mass is 224 g/mol. The van der Waals surface area contributed by atoms with E-state index in [9.17, 15) is 0 Å². The van der Waals surface area contributed by atoms with Crippen LogP contribution in [-0.2, 0) is 4.74 Å². The molecule has 2 atom stereocenters. The molecule has 2 N–H and O–H groups in total. The fourth-order valence-electron chi connectivity index (χ4n) is 1.78. The van der Waals surface area contributed by atoms with Gasteiger partial charge in [0, 0.05) is 12.5 Å². The van der Waals surface area contributed by atoms with Crippen molar-refractivity contribution in [1.82, 2.24) is 0 Å². The maximum Gasteiger partial charge on any atom is 0.151 e. The molecule has 3 heteroatoms. The van der Waals surface area contributed by atoms with Crippen LogP contribution < -0.4 is 0 Å². The third-order valence-corrected chi connectivity index (χ3v) is 2.64. The molecule has 3 nitrogen and oxygen atoms in total. The van der Waals surface area contributed by atoms with E-state index < -0.39 is 6.29 Å². The molecule has 0 aliphatic carbocycles. The SMILES string of the molecule is Cc1ccccc1C(CCO)COC(C)O. The van der Waals surface area contributed by atoms with E-state index in [-0.39, 0.29) is 12.5 Å². The Morgan fingerprint density at radius 2 is 2.00 bits per heavy atom. The van der Waals surface area contributed by atoms with Crippen LogP contribution in [0, 0.1) is 6.92 Å². The molecule has 16 heavy (non-hydrogen) atoms. The number of aliphatic hydroxyl groups excluding tert-OH is 2. The molecule has 0 saturated carbocycles. The van der Waals surface area contributed by atoms with Crippen molar-refractivity contribution in [3.8, 4) is 0 Å². The van der Waals surface area contributed by atoms with E-state index in [0.29, 0.717) is 13.0 Å². The largest absolute Gasteiger partial charge is 0.396 e. The fourth-order valence-corrected chi connectivity index (χ4v) is 1.78. The molecule has 1 aromatic rings. The second kappa shape index (κ2) is 6.63. The summed E-state index contributed by atoms with van der Waals surface area (Å²) in [4.78, 5) is 0. The zero-order valence-corrected chi connectivity index (χ0v) is 9.89. The van der Waals surface area contributed by atoms with Crippen molar-refractivity contribution in [1.29, 1.82) is 0 Å². The smallest absolute Gasteiger partial charge is 0.151 e. The van der Waals surface area contributed by atoms with E-state index in [0.717, 1.165) is 0 Å². The van der Waals surface area contributed by atoms with Crippen LogP contribution in [0.25, 0.3) is 0 Å². The minimum Gasteiger partial charge on any atom is -0.396 e. The highest BCUT2D eigenvalue weighted by atomic mass is 16.6. The zero-order valence-electron chi connectivity index (χ0n) is 9.89. The Labute approximate surface area is 96.7 Å². The number of hydrogen-bond acceptors (Lipinski definition) is 3. The second-order valence-electron chi connectivity index (χ2n) is 4.00. The van der Waals surface area contributed by atoms with Gasteiger partial charge in [0.1, 0.15) is 0 Å². The molecule has 0 radical (unpaired) electrons. The van der Waals surface area contributed by atoms with Crippen LogP contribution in [-0.4, -0.2) is 29.7 Å². The van der Waals surface area contributed by atoms with Crippen LogP contribution in [0.5, 0.6) is 0 Å². The van der Waals surface area contributed by atoms with E-state index in [2.05, 4.69) is 0 Å². The average Bonchev–Trinajstić information content (AvgIpc) is 2.25. The van der Waals surface area contributed by atoms with Crippen LogP contribution >= 0.6 is 0 Å². The summed E-state index contributed by atoms with van der Waals surface area (Å²) >= 11 is 0. The molecule has 0 aliphatic heterocycles. The highest BCUT2D eigenvalue weighted by Crippen LogP contribution is 2.23. The lowest BCUT2D eigenvalue weighted by Crippen LogP contribution is -2.16. The summed E-state index contributed by atoms with van der Waals surface area (Å²) in [6.07, 6.45) is -0.109. The quantitative estimate of drug-likeness (QED) is 0.725. The van der Waals surface area contributed by atoms with E-state index in [1.165, 1.54) is 11.1 Å². The van der Waals surface area contributed by atoms with Crippen LogP contribution in [0.1, 0.15) is 30.4 Å². The van der Waals surface area contributed by atoms with Crippen molar-refractivity contribution in [2.75, 3.05) is 13.2 Å². The molecule has 0 heterocycles. The Balaban J connectivity index is 2.73. The normalized spacial score (nSPS) is 14.8. The zero-order chi connectivity index (χ0) is 12.0. The molecule has 0 spiro atoms. The van der Waals surface area contributed by atoms with Crippen molar-refractivity contribution in [3.05, 3.63) is 35.4 Å². The molecule has 0 bridgehead atoms. The van der Waals surface area contributed by atoms with E-state index >= 15 is 0 Å². The van der Waals surface area contributed by atoms with Gasteiger partial charge in [-0.05, 0) is 31.4 Å². The molecule has 2 unspecified atom stereocenters. The molecular formula is C13H20O3. The Bertz CT molecular complexity index is 310. The van der Waals surface area contributed by atoms with Gasteiger partial charge in [-0.15, -0.1) is 0 Å². The van der Waals surface area contributed by atoms with Gasteiger partial charge >= 0.3 is 0 Å². The van der Waals surface area contributed by atoms with Crippen LogP contribution in [0.4, 0.5) is 0 Å². The lowest BCUT2D eigenvalue weighted by atomic mass is 9.93. The topological polar surface area (TPSA) is 49.7 Å². The standard InChI is InChI=1S/C13H20O3/c1-10-5-3-4-6-13(10)12(7-8-14)9-16-11(2)15/h3-6,11-12,14-15H,7-9H2,1-2H3. The number of benzene rings is 1. The number of ether oxygens (including phenoxy) is 1. The van der Waals surface area contributed by atoms with Gasteiger partial charge in [-0.3, -0.25) is 0 Å². The van der Waals surface area contributed by atoms with Crippen molar-refractivity contribution in [3.63, 3.8) is 0 Å². The third kappa shape index (κ3) is 3.93. The summed E-state index contributed by atoms with van der Waals surface area (Å²) in [6.45, 7) is 4.20. The third-order valence-electron chi connectivity index (χ3n) is 2.64. The summed E-state index contributed by atoms with van der Waals surface area (Å²) < 4.78 is 5.21. The minimum absolute atomic E-state index is 0.127. The van der Waals surface area contributed by atoms with Crippen molar-refractivity contribution >= 4 is 0 Å². The van der Waals surface area contributed by atoms with E-state index in [1.807, 2.05) is 31.2 Å². The molecule has 90 valence electrons. The molecular weight excluding hydrogens is 204 g/mol. The van der Waals surface area contributed by atoms with Gasteiger partial charge in [-0.1, -0.05) is 24.3 Å². The minimum atomic E-state index is -0.759. The van der Waals surface area contributed by atoms with Crippen molar-refractivity contribution in [2.24, 2.45) is 0 Å². The van der Waals surface area contributed by atoms with Crippen LogP contribution in [0.2, 0.25) is 0 Å². The Morgan fingerprint density at radius 3 is 2.56 bits per heavy atom. The van der Waals surface area contributed by atoms with Gasteiger partial charge in [0.15, 0.2) is 6.29 Å². The Morgan fingerprint density at radius 1 is 1.31 bits per heavy atom. The van der Waals surface area contributed by atoms with Crippen LogP contribution in [0.15, 0.2) is 24.3 Å². The molecule has 1 rings (SSSR count). The molecule has 0 aromatic heterocycles. The van der Waals surface area contributed by atoms with Gasteiger partial charge in [-0.25, -0.2) is 0 Å². The number of hydrogen-bond donors (Lipinski definition) is 2. The predicted octanol–water partition coefficient (Wildman–Crippen LogP) is 1.82. The second-order valence-corrected chi connectivity index (χ2v) is 4.00. The summed E-state index contributed by atoms with van der Waals surface area (Å²) in [5.74, 6) is 0.140. The van der Waals surface area contributed by atoms with E-state index in [1.54, 1.807) is 6.92 Å². The molecule has 0 saturated heterocycles. The average molecular weight is 224 g/mol. The first-order valence-corrected chi connectivity index (χ1v) is 5.61. The molecule has 1 aromatic carbocycles. The van der Waals surface area contributed by atoms with Crippen molar-refractivity contribution in [2.45, 2.75) is 32.5 Å². The van der Waals surface area contributed by atoms with Gasteiger partial charge in [-0.2, -0.15) is 0 Å². The lowest BCUT2D eigenvalue weighted by molar-refractivity contribution is -0.0907. The lowest BCUT2D eigenvalue weighted by Gasteiger charge is -2.19. The van der Waals surface area contributed by atoms with Gasteiger partial charge in [0.2, 0.25) is 0 Å². The molecule has 0 fully saturated rings. The predicted molar refractivity (Wildman–Crippen MR) is 63.3 cm³/mol. The first-order valence-electron chi connectivity index (χ1n) is 5.61. The Hall–Kier alpha value is -0.900. The summed E-state index contributed by atoms with van der Waals surface area (Å²) in [6, 6.07) is 8.06. The van der Waals surface area contributed by atoms with Gasteiger partial charge in [0.25, 0.3) is 0 Å². The Kier molecular flexibility index (Phi) is 5.46. The summed E-state index contributed by atoms with van der Waals surface area (Å²) in [7, 11) is 0. The van der Waals surface area contributed by atoms with Crippen LogP contribution in [0.3, 0.4) is 0 Å². The van der Waals surface area contributed by atoms with Gasteiger partial charge in [0.05, 0.1) is 6.61 Å². The first-order chi connectivity index (χ1) is 7.65. The highest BCUT2D eigenvalue weighted by molar-refractivity contribution is 5.29. The fraction of sp³-hybridized carbons (Fsp3) is 0.538. The maximum atomic E-state index is 9.10. The number of rotatable bonds is 6. The van der Waals surface area contributed by atoms with E-state index in [4.69, 9.17) is 14.9 Å².